The lowest BCUT2D eigenvalue weighted by Gasteiger charge is -2.23. The van der Waals surface area contributed by atoms with E-state index in [0.29, 0.717) is 30.8 Å². The summed E-state index contributed by atoms with van der Waals surface area (Å²) in [5.74, 6) is 0.229. The summed E-state index contributed by atoms with van der Waals surface area (Å²) in [6.07, 6.45) is 0.531. The summed E-state index contributed by atoms with van der Waals surface area (Å²) in [5, 5.41) is 0. The molecule has 2 heterocycles. The first-order chi connectivity index (χ1) is 14.3. The fourth-order valence-electron chi connectivity index (χ4n) is 4.02. The number of hydrogen-bond acceptors (Lipinski definition) is 4. The molecular weight excluding hydrogens is 407 g/mol. The number of halogens is 1. The van der Waals surface area contributed by atoms with E-state index in [9.17, 15) is 17.6 Å². The number of nitrogens with zero attached hydrogens (tertiary/aromatic N) is 2. The molecule has 0 spiro atoms. The van der Waals surface area contributed by atoms with Gasteiger partial charge in [-0.2, -0.15) is 4.31 Å². The number of carbonyl (C=O) groups excluding carboxylic acids is 1. The van der Waals surface area contributed by atoms with Crippen LogP contribution in [0.5, 0.6) is 5.75 Å². The van der Waals surface area contributed by atoms with Crippen LogP contribution in [0.3, 0.4) is 0 Å². The van der Waals surface area contributed by atoms with Crippen molar-refractivity contribution in [3.8, 4) is 5.75 Å². The zero-order chi connectivity index (χ0) is 21.5. The zero-order valence-corrected chi connectivity index (χ0v) is 17.9. The van der Waals surface area contributed by atoms with Gasteiger partial charge in [-0.25, -0.2) is 12.8 Å². The Kier molecular flexibility index (Phi) is 5.55. The summed E-state index contributed by atoms with van der Waals surface area (Å²) >= 11 is 0. The molecule has 2 aliphatic heterocycles. The molecule has 2 aliphatic rings. The Bertz CT molecular complexity index is 1060. The summed E-state index contributed by atoms with van der Waals surface area (Å²) in [4.78, 5) is 15.0. The molecule has 1 amide bonds. The molecule has 0 radical (unpaired) electrons. The van der Waals surface area contributed by atoms with Crippen molar-refractivity contribution < 1.29 is 22.3 Å². The lowest BCUT2D eigenvalue weighted by atomic mass is 9.96. The Morgan fingerprint density at radius 2 is 1.77 bits per heavy atom. The summed E-state index contributed by atoms with van der Waals surface area (Å²) < 4.78 is 46.3. The van der Waals surface area contributed by atoms with Gasteiger partial charge in [0.15, 0.2) is 0 Å². The number of carbonyl (C=O) groups is 1. The molecule has 0 saturated carbocycles. The van der Waals surface area contributed by atoms with Gasteiger partial charge in [0.2, 0.25) is 10.0 Å². The average Bonchev–Trinajstić information content (AvgIpc) is 2.90. The average molecular weight is 433 g/mol. The highest BCUT2D eigenvalue weighted by Crippen LogP contribution is 2.40. The van der Waals surface area contributed by atoms with Crippen LogP contribution in [0.2, 0.25) is 0 Å². The van der Waals surface area contributed by atoms with Crippen LogP contribution in [0, 0.1) is 5.82 Å². The second kappa shape index (κ2) is 8.00. The van der Waals surface area contributed by atoms with E-state index in [-0.39, 0.29) is 35.9 Å². The summed E-state index contributed by atoms with van der Waals surface area (Å²) in [7, 11) is -3.74. The lowest BCUT2D eigenvalue weighted by Crippen LogP contribution is -2.37. The van der Waals surface area contributed by atoms with Gasteiger partial charge in [0, 0.05) is 37.7 Å². The molecule has 0 bridgehead atoms. The second-order valence-corrected chi connectivity index (χ2v) is 9.78. The molecule has 4 rings (SSSR count). The SMILES string of the molecule is C[C@@H]1Oc2c(C(=O)N3CCCN(S(=O)(=O)c4ccc(F)cc4)CC3)cccc2[C@H]1C. The lowest BCUT2D eigenvalue weighted by molar-refractivity contribution is 0.0759. The third kappa shape index (κ3) is 3.70. The van der Waals surface area contributed by atoms with Gasteiger partial charge in [0.05, 0.1) is 10.5 Å². The third-order valence-corrected chi connectivity index (χ3v) is 7.88. The maximum absolute atomic E-state index is 13.2. The normalized spacial score (nSPS) is 22.3. The monoisotopic (exact) mass is 432 g/mol. The van der Waals surface area contributed by atoms with E-state index < -0.39 is 15.8 Å². The first-order valence-electron chi connectivity index (χ1n) is 10.1. The first kappa shape index (κ1) is 20.8. The fourth-order valence-corrected chi connectivity index (χ4v) is 5.49. The van der Waals surface area contributed by atoms with Gasteiger partial charge in [-0.15, -0.1) is 0 Å². The van der Waals surface area contributed by atoms with Crippen LogP contribution in [-0.2, 0) is 10.0 Å². The van der Waals surface area contributed by atoms with Crippen LogP contribution in [0.15, 0.2) is 47.4 Å². The van der Waals surface area contributed by atoms with E-state index in [1.165, 1.54) is 16.4 Å². The number of amides is 1. The number of sulfonamides is 1. The molecule has 2 atom stereocenters. The standard InChI is InChI=1S/C22H25FN2O4S/c1-15-16(2)29-21-19(15)5-3-6-20(21)22(26)24-11-4-12-25(14-13-24)30(27,28)18-9-7-17(23)8-10-18/h3,5-10,15-16H,4,11-14H2,1-2H3/t15-,16-/m0/s1. The Hall–Kier alpha value is -2.45. The Labute approximate surface area is 176 Å². The van der Waals surface area contributed by atoms with Gasteiger partial charge < -0.3 is 9.64 Å². The van der Waals surface area contributed by atoms with Crippen molar-refractivity contribution in [2.75, 3.05) is 26.2 Å². The summed E-state index contributed by atoms with van der Waals surface area (Å²) in [6, 6.07) is 10.4. The van der Waals surface area contributed by atoms with E-state index in [4.69, 9.17) is 4.74 Å². The highest BCUT2D eigenvalue weighted by molar-refractivity contribution is 7.89. The minimum absolute atomic E-state index is 0.00873. The van der Waals surface area contributed by atoms with Crippen LogP contribution in [0.1, 0.15) is 42.1 Å². The number of hydrogen-bond donors (Lipinski definition) is 0. The number of para-hydroxylation sites is 1. The van der Waals surface area contributed by atoms with Crippen molar-refractivity contribution >= 4 is 15.9 Å². The van der Waals surface area contributed by atoms with Crippen molar-refractivity contribution in [3.05, 3.63) is 59.4 Å². The summed E-state index contributed by atoms with van der Waals surface area (Å²) in [5.41, 5.74) is 1.56. The van der Waals surface area contributed by atoms with Crippen LogP contribution >= 0.6 is 0 Å². The molecule has 0 N–H and O–H groups in total. The molecule has 2 aromatic rings. The molecule has 2 aromatic carbocycles. The Morgan fingerprint density at radius 3 is 2.50 bits per heavy atom. The highest BCUT2D eigenvalue weighted by Gasteiger charge is 2.34. The molecule has 0 unspecified atom stereocenters. The van der Waals surface area contributed by atoms with Gasteiger partial charge in [0.25, 0.3) is 5.91 Å². The van der Waals surface area contributed by atoms with Crippen LogP contribution in [-0.4, -0.2) is 55.8 Å². The number of fused-ring (bicyclic) bond motifs is 1. The predicted molar refractivity (Wildman–Crippen MR) is 111 cm³/mol. The summed E-state index contributed by atoms with van der Waals surface area (Å²) in [6.45, 7) is 5.31. The molecule has 30 heavy (non-hydrogen) atoms. The second-order valence-electron chi connectivity index (χ2n) is 7.84. The van der Waals surface area contributed by atoms with E-state index >= 15 is 0 Å². The highest BCUT2D eigenvalue weighted by atomic mass is 32.2. The molecule has 0 aromatic heterocycles. The van der Waals surface area contributed by atoms with Crippen molar-refractivity contribution in [1.29, 1.82) is 0 Å². The van der Waals surface area contributed by atoms with E-state index in [1.807, 2.05) is 19.1 Å². The molecule has 1 fully saturated rings. The first-order valence-corrected chi connectivity index (χ1v) is 11.6. The van der Waals surface area contributed by atoms with Crippen molar-refractivity contribution in [2.24, 2.45) is 0 Å². The molecule has 6 nitrogen and oxygen atoms in total. The fraction of sp³-hybridized carbons (Fsp3) is 0.409. The smallest absolute Gasteiger partial charge is 0.257 e. The predicted octanol–water partition coefficient (Wildman–Crippen LogP) is 3.25. The molecular formula is C22H25FN2O4S. The van der Waals surface area contributed by atoms with Gasteiger partial charge in [-0.1, -0.05) is 19.1 Å². The maximum atomic E-state index is 13.2. The van der Waals surface area contributed by atoms with Gasteiger partial charge >= 0.3 is 0 Å². The Morgan fingerprint density at radius 1 is 1.03 bits per heavy atom. The zero-order valence-electron chi connectivity index (χ0n) is 17.0. The van der Waals surface area contributed by atoms with Gasteiger partial charge in [-0.05, 0) is 43.7 Å². The maximum Gasteiger partial charge on any atom is 0.257 e. The van der Waals surface area contributed by atoms with Crippen LogP contribution in [0.25, 0.3) is 0 Å². The van der Waals surface area contributed by atoms with Crippen molar-refractivity contribution in [2.45, 2.75) is 37.2 Å². The number of ether oxygens (including phenoxy) is 1. The van der Waals surface area contributed by atoms with Gasteiger partial charge in [-0.3, -0.25) is 4.79 Å². The van der Waals surface area contributed by atoms with Crippen LogP contribution in [0.4, 0.5) is 4.39 Å². The molecule has 0 aliphatic carbocycles. The van der Waals surface area contributed by atoms with E-state index in [0.717, 1.165) is 17.7 Å². The van der Waals surface area contributed by atoms with Crippen LogP contribution < -0.4 is 4.74 Å². The molecule has 1 saturated heterocycles. The van der Waals surface area contributed by atoms with Crippen molar-refractivity contribution in [3.63, 3.8) is 0 Å². The number of rotatable bonds is 3. The van der Waals surface area contributed by atoms with E-state index in [1.54, 1.807) is 11.0 Å². The largest absolute Gasteiger partial charge is 0.489 e. The van der Waals surface area contributed by atoms with E-state index in [2.05, 4.69) is 6.92 Å². The van der Waals surface area contributed by atoms with Crippen molar-refractivity contribution in [1.82, 2.24) is 9.21 Å². The van der Waals surface area contributed by atoms with Gasteiger partial charge in [0.1, 0.15) is 17.7 Å². The topological polar surface area (TPSA) is 66.9 Å². The Balaban J connectivity index is 1.52. The molecule has 8 heteroatoms. The molecule has 160 valence electrons. The minimum atomic E-state index is -3.74. The third-order valence-electron chi connectivity index (χ3n) is 5.97. The quantitative estimate of drug-likeness (QED) is 0.747. The number of benzene rings is 2. The minimum Gasteiger partial charge on any atom is -0.489 e.